The van der Waals surface area contributed by atoms with Crippen molar-refractivity contribution in [1.82, 2.24) is 14.8 Å². The summed E-state index contributed by atoms with van der Waals surface area (Å²) in [6.45, 7) is 8.04. The van der Waals surface area contributed by atoms with Crippen LogP contribution in [0.2, 0.25) is 0 Å². The Morgan fingerprint density at radius 1 is 1.13 bits per heavy atom. The van der Waals surface area contributed by atoms with Crippen molar-refractivity contribution in [3.63, 3.8) is 0 Å². The summed E-state index contributed by atoms with van der Waals surface area (Å²) < 4.78 is 1.82. The Morgan fingerprint density at radius 3 is 2.63 bits per heavy atom. The van der Waals surface area contributed by atoms with Crippen LogP contribution in [0.5, 0.6) is 0 Å². The third-order valence-corrected chi connectivity index (χ3v) is 6.04. The molecule has 0 spiro atoms. The van der Waals surface area contributed by atoms with Gasteiger partial charge in [-0.05, 0) is 49.3 Å². The Morgan fingerprint density at radius 2 is 1.90 bits per heavy atom. The van der Waals surface area contributed by atoms with Gasteiger partial charge in [0.2, 0.25) is 11.1 Å². The Labute approximate surface area is 180 Å². The molecule has 3 aromatic rings. The van der Waals surface area contributed by atoms with Crippen LogP contribution in [0.25, 0.3) is 0 Å². The lowest BCUT2D eigenvalue weighted by atomic mass is 9.95. The van der Waals surface area contributed by atoms with Crippen LogP contribution in [0.4, 0.5) is 11.6 Å². The molecule has 4 rings (SSSR count). The van der Waals surface area contributed by atoms with Crippen molar-refractivity contribution in [2.24, 2.45) is 0 Å². The number of fused-ring (bicyclic) bond motifs is 1. The molecule has 0 aliphatic carbocycles. The van der Waals surface area contributed by atoms with Crippen LogP contribution in [-0.2, 0) is 4.79 Å². The number of nitrogens with zero attached hydrogens (tertiary/aromatic N) is 3. The molecule has 6 nitrogen and oxygen atoms in total. The molecule has 2 heterocycles. The molecular formula is C23H25N5OS. The quantitative estimate of drug-likeness (QED) is 0.574. The summed E-state index contributed by atoms with van der Waals surface area (Å²) in [4.78, 5) is 18.1. The van der Waals surface area contributed by atoms with Gasteiger partial charge in [0.05, 0.1) is 5.57 Å². The first-order valence-corrected chi connectivity index (χ1v) is 11.0. The highest BCUT2D eigenvalue weighted by Crippen LogP contribution is 2.36. The second-order valence-electron chi connectivity index (χ2n) is 7.27. The zero-order chi connectivity index (χ0) is 21.3. The minimum absolute atomic E-state index is 0.145. The van der Waals surface area contributed by atoms with Gasteiger partial charge < -0.3 is 10.6 Å². The Balaban J connectivity index is 1.77. The van der Waals surface area contributed by atoms with Gasteiger partial charge >= 0.3 is 0 Å². The number of nitrogens with one attached hydrogen (secondary N) is 2. The summed E-state index contributed by atoms with van der Waals surface area (Å²) in [5.74, 6) is 1.39. The van der Waals surface area contributed by atoms with Crippen molar-refractivity contribution in [3.8, 4) is 0 Å². The van der Waals surface area contributed by atoms with Gasteiger partial charge in [0, 0.05) is 11.4 Å². The van der Waals surface area contributed by atoms with Crippen LogP contribution in [0, 0.1) is 13.8 Å². The van der Waals surface area contributed by atoms with Crippen molar-refractivity contribution in [1.29, 1.82) is 0 Å². The highest BCUT2D eigenvalue weighted by atomic mass is 32.2. The molecule has 1 aliphatic heterocycles. The summed E-state index contributed by atoms with van der Waals surface area (Å²) in [6.07, 6.45) is 0. The molecule has 0 saturated carbocycles. The third kappa shape index (κ3) is 3.73. The van der Waals surface area contributed by atoms with Gasteiger partial charge in [-0.1, -0.05) is 61.2 Å². The van der Waals surface area contributed by atoms with Gasteiger partial charge in [-0.3, -0.25) is 4.79 Å². The first kappa shape index (κ1) is 20.2. The van der Waals surface area contributed by atoms with E-state index in [2.05, 4.69) is 22.5 Å². The van der Waals surface area contributed by atoms with E-state index in [0.717, 1.165) is 33.8 Å². The van der Waals surface area contributed by atoms with E-state index in [4.69, 9.17) is 5.10 Å². The zero-order valence-electron chi connectivity index (χ0n) is 17.6. The minimum atomic E-state index is -0.355. The standard InChI is InChI=1S/C23H25N5OS/c1-5-30-23-26-22-24-16(4)19(20(28(22)27-23)17-11-7-6-8-12-17)21(29)25-18-13-9-10-14(2)15(18)3/h6-13,20H,5H2,1-4H3,(H,25,29)(H,24,26,27). The summed E-state index contributed by atoms with van der Waals surface area (Å²) in [5.41, 5.74) is 5.42. The van der Waals surface area contributed by atoms with E-state index in [1.165, 1.54) is 0 Å². The van der Waals surface area contributed by atoms with E-state index in [1.807, 2.05) is 74.0 Å². The monoisotopic (exact) mass is 419 g/mol. The maximum absolute atomic E-state index is 13.5. The second kappa shape index (κ2) is 8.36. The number of rotatable bonds is 5. The number of carbonyl (C=O) groups is 1. The summed E-state index contributed by atoms with van der Waals surface area (Å²) >= 11 is 1.58. The minimum Gasteiger partial charge on any atom is -0.328 e. The fraction of sp³-hybridized carbons (Fsp3) is 0.261. The van der Waals surface area contributed by atoms with Crippen LogP contribution in [0.3, 0.4) is 0 Å². The van der Waals surface area contributed by atoms with Crippen LogP contribution in [0.1, 0.15) is 36.6 Å². The van der Waals surface area contributed by atoms with E-state index in [-0.39, 0.29) is 11.9 Å². The van der Waals surface area contributed by atoms with Crippen molar-refractivity contribution < 1.29 is 4.79 Å². The molecule has 2 aromatic carbocycles. The van der Waals surface area contributed by atoms with Crippen LogP contribution in [0.15, 0.2) is 65.0 Å². The van der Waals surface area contributed by atoms with Crippen LogP contribution in [-0.4, -0.2) is 26.4 Å². The first-order chi connectivity index (χ1) is 14.5. The Bertz CT molecular complexity index is 1120. The SMILES string of the molecule is CCSc1nc2n(n1)C(c1ccccc1)C(C(=O)Nc1cccc(C)c1C)=C(C)N2. The van der Waals surface area contributed by atoms with Gasteiger partial charge in [0.25, 0.3) is 5.91 Å². The Kier molecular flexibility index (Phi) is 5.63. The molecule has 0 radical (unpaired) electrons. The fourth-order valence-electron chi connectivity index (χ4n) is 3.64. The lowest BCUT2D eigenvalue weighted by molar-refractivity contribution is -0.113. The summed E-state index contributed by atoms with van der Waals surface area (Å²) in [7, 11) is 0. The van der Waals surface area contributed by atoms with Crippen molar-refractivity contribution in [2.75, 3.05) is 16.4 Å². The number of carbonyl (C=O) groups excluding carboxylic acids is 1. The maximum atomic E-state index is 13.5. The van der Waals surface area contributed by atoms with Crippen molar-refractivity contribution in [2.45, 2.75) is 38.9 Å². The molecule has 1 atom stereocenters. The number of anilines is 2. The lowest BCUT2D eigenvalue weighted by Gasteiger charge is -2.28. The molecule has 1 unspecified atom stereocenters. The number of thioether (sulfide) groups is 1. The van der Waals surface area contributed by atoms with E-state index < -0.39 is 0 Å². The lowest BCUT2D eigenvalue weighted by Crippen LogP contribution is -2.31. The average Bonchev–Trinajstić information content (AvgIpc) is 3.13. The van der Waals surface area contributed by atoms with Gasteiger partial charge in [0.15, 0.2) is 0 Å². The van der Waals surface area contributed by atoms with E-state index in [1.54, 1.807) is 11.8 Å². The molecule has 0 fully saturated rings. The van der Waals surface area contributed by atoms with Crippen LogP contribution < -0.4 is 10.6 Å². The maximum Gasteiger partial charge on any atom is 0.255 e. The van der Waals surface area contributed by atoms with Gasteiger partial charge in [0.1, 0.15) is 6.04 Å². The molecule has 0 saturated heterocycles. The predicted molar refractivity (Wildman–Crippen MR) is 122 cm³/mol. The average molecular weight is 420 g/mol. The van der Waals surface area contributed by atoms with E-state index in [9.17, 15) is 4.79 Å². The highest BCUT2D eigenvalue weighted by molar-refractivity contribution is 7.99. The summed E-state index contributed by atoms with van der Waals surface area (Å²) in [6, 6.07) is 15.5. The molecule has 30 heavy (non-hydrogen) atoms. The highest BCUT2D eigenvalue weighted by Gasteiger charge is 2.34. The van der Waals surface area contributed by atoms with Crippen molar-refractivity contribution >= 4 is 29.3 Å². The first-order valence-electron chi connectivity index (χ1n) is 9.99. The number of amides is 1. The van der Waals surface area contributed by atoms with Gasteiger partial charge in [-0.15, -0.1) is 5.10 Å². The smallest absolute Gasteiger partial charge is 0.255 e. The van der Waals surface area contributed by atoms with E-state index >= 15 is 0 Å². The molecule has 7 heteroatoms. The fourth-order valence-corrected chi connectivity index (χ4v) is 4.19. The molecular weight excluding hydrogens is 394 g/mol. The predicted octanol–water partition coefficient (Wildman–Crippen LogP) is 4.93. The number of aryl methyl sites for hydroxylation is 1. The number of aromatic nitrogens is 3. The molecule has 1 amide bonds. The number of hydrogen-bond donors (Lipinski definition) is 2. The van der Waals surface area contributed by atoms with E-state index in [0.29, 0.717) is 16.7 Å². The molecule has 154 valence electrons. The van der Waals surface area contributed by atoms with Crippen molar-refractivity contribution in [3.05, 3.63) is 76.5 Å². The number of hydrogen-bond acceptors (Lipinski definition) is 5. The van der Waals surface area contributed by atoms with Crippen LogP contribution >= 0.6 is 11.8 Å². The molecule has 0 bridgehead atoms. The van der Waals surface area contributed by atoms with Gasteiger partial charge in [-0.25, -0.2) is 4.68 Å². The molecule has 1 aromatic heterocycles. The third-order valence-electron chi connectivity index (χ3n) is 5.32. The molecule has 2 N–H and O–H groups in total. The summed E-state index contributed by atoms with van der Waals surface area (Å²) in [5, 5.41) is 11.8. The van der Waals surface area contributed by atoms with Gasteiger partial charge in [-0.2, -0.15) is 4.98 Å². The normalized spacial score (nSPS) is 15.5. The second-order valence-corrected chi connectivity index (χ2v) is 8.51. The zero-order valence-corrected chi connectivity index (χ0v) is 18.4. The number of benzene rings is 2. The number of allylic oxidation sites excluding steroid dienone is 1. The molecule has 1 aliphatic rings. The Hall–Kier alpha value is -3.06. The topological polar surface area (TPSA) is 71.8 Å². The largest absolute Gasteiger partial charge is 0.328 e.